The zero-order valence-corrected chi connectivity index (χ0v) is 28.6. The number of fused-ring (bicyclic) bond motifs is 2. The molecule has 0 bridgehead atoms. The molecule has 11 heteroatoms. The molecule has 2 heterocycles. The van der Waals surface area contributed by atoms with Crippen LogP contribution in [-0.4, -0.2) is 63.2 Å². The summed E-state index contributed by atoms with van der Waals surface area (Å²) in [5, 5.41) is 0. The quantitative estimate of drug-likeness (QED) is 0.224. The summed E-state index contributed by atoms with van der Waals surface area (Å²) in [5.74, 6) is -3.22. The lowest BCUT2D eigenvalue weighted by molar-refractivity contribution is -0.161. The summed E-state index contributed by atoms with van der Waals surface area (Å²) >= 11 is 0. The van der Waals surface area contributed by atoms with Gasteiger partial charge in [0.2, 0.25) is 0 Å². The molecule has 0 radical (unpaired) electrons. The Kier molecular flexibility index (Phi) is 9.42. The van der Waals surface area contributed by atoms with Crippen LogP contribution in [0.1, 0.15) is 74.9 Å². The minimum absolute atomic E-state index is 0.0134. The van der Waals surface area contributed by atoms with Gasteiger partial charge < -0.3 is 18.5 Å². The lowest BCUT2D eigenvalue weighted by Crippen LogP contribution is -2.51. The zero-order valence-electron chi connectivity index (χ0n) is 27.7. The van der Waals surface area contributed by atoms with E-state index in [4.69, 9.17) is 23.0 Å². The number of carbonyl (C=O) groups excluding carboxylic acids is 3. The van der Waals surface area contributed by atoms with Crippen LogP contribution in [0.4, 0.5) is 0 Å². The summed E-state index contributed by atoms with van der Waals surface area (Å²) < 4.78 is 34.5. The van der Waals surface area contributed by atoms with Crippen LogP contribution in [0.3, 0.4) is 0 Å². The Labute approximate surface area is 260 Å². The Morgan fingerprint density at radius 3 is 1.77 bits per heavy atom. The molecule has 0 fully saturated rings. The molecule has 0 aliphatic carbocycles. The monoisotopic (exact) mass is 628 g/mol. The van der Waals surface area contributed by atoms with Gasteiger partial charge >= 0.3 is 19.7 Å². The van der Waals surface area contributed by atoms with E-state index in [0.717, 1.165) is 40.5 Å². The summed E-state index contributed by atoms with van der Waals surface area (Å²) in [6, 6.07) is 6.98. The summed E-state index contributed by atoms with van der Waals surface area (Å²) in [7, 11) is -0.0266. The molecule has 2 atom stereocenters. The fourth-order valence-electron chi connectivity index (χ4n) is 5.67. The maximum absolute atomic E-state index is 14.1. The number of hydrogen-bond acceptors (Lipinski definition) is 9. The van der Waals surface area contributed by atoms with E-state index in [1.165, 1.54) is 12.0 Å². The standard InChI is InChI=1S/C33H45N2O8P/c1-19-14-21-18-22-15-20(2)17-24(33(6,7)8)28(22)43-44(42-27(21)23(16-19)32(3,4)5)34-29(36)25(30(37)39-10)26(31(38)40-11)35(9)12-13-41-44/h14-17,25-26H,12-13,18H2,1-11H3. The van der Waals surface area contributed by atoms with Gasteiger partial charge in [0.25, 0.3) is 5.91 Å². The van der Waals surface area contributed by atoms with Crippen molar-refractivity contribution < 1.29 is 37.4 Å². The lowest BCUT2D eigenvalue weighted by Gasteiger charge is -2.34. The fraction of sp³-hybridized carbons (Fsp3) is 0.545. The molecule has 0 N–H and O–H groups in total. The highest BCUT2D eigenvalue weighted by molar-refractivity contribution is 7.52. The van der Waals surface area contributed by atoms with Crippen molar-refractivity contribution in [3.05, 3.63) is 57.6 Å². The molecule has 1 amide bonds. The highest BCUT2D eigenvalue weighted by Crippen LogP contribution is 2.59. The van der Waals surface area contributed by atoms with Crippen LogP contribution in [0.15, 0.2) is 29.0 Å². The molecule has 0 aromatic heterocycles. The first-order valence-corrected chi connectivity index (χ1v) is 16.2. The number of rotatable bonds is 2. The molecule has 2 unspecified atom stereocenters. The average molecular weight is 629 g/mol. The second kappa shape index (κ2) is 12.3. The van der Waals surface area contributed by atoms with E-state index in [0.29, 0.717) is 17.9 Å². The van der Waals surface area contributed by atoms with Gasteiger partial charge in [-0.2, -0.15) is 0 Å². The van der Waals surface area contributed by atoms with Crippen molar-refractivity contribution in [2.24, 2.45) is 10.7 Å². The molecule has 2 aromatic rings. The maximum Gasteiger partial charge on any atom is 0.474 e. The van der Waals surface area contributed by atoms with E-state index in [1.807, 2.05) is 13.8 Å². The first kappa shape index (κ1) is 33.7. The third-order valence-corrected chi connectivity index (χ3v) is 9.68. The van der Waals surface area contributed by atoms with E-state index in [-0.39, 0.29) is 24.0 Å². The highest BCUT2D eigenvalue weighted by Gasteiger charge is 2.48. The third-order valence-electron chi connectivity index (χ3n) is 7.90. The van der Waals surface area contributed by atoms with Crippen molar-refractivity contribution in [2.75, 3.05) is 34.4 Å². The van der Waals surface area contributed by atoms with Crippen molar-refractivity contribution >= 4 is 25.6 Å². The molecule has 0 saturated heterocycles. The molecule has 44 heavy (non-hydrogen) atoms. The molecular weight excluding hydrogens is 583 g/mol. The Morgan fingerprint density at radius 2 is 1.34 bits per heavy atom. The summed E-state index contributed by atoms with van der Waals surface area (Å²) in [6.07, 6.45) is 0.520. The van der Waals surface area contributed by atoms with Gasteiger partial charge in [-0.25, -0.2) is 0 Å². The molecule has 10 nitrogen and oxygen atoms in total. The van der Waals surface area contributed by atoms with Gasteiger partial charge in [0.05, 0.1) is 20.8 Å². The van der Waals surface area contributed by atoms with Gasteiger partial charge in [-0.1, -0.05) is 76.9 Å². The molecule has 4 rings (SSSR count). The minimum Gasteiger partial charge on any atom is -0.468 e. The number of carbonyl (C=O) groups is 3. The number of likely N-dealkylation sites (N-methyl/N-ethyl adjacent to an activating group) is 1. The van der Waals surface area contributed by atoms with Crippen LogP contribution in [0.25, 0.3) is 0 Å². The molecule has 2 aromatic carbocycles. The SMILES string of the molecule is COC(=O)C1C(=O)N=P2(OCCN(C)C1C(=O)OC)Oc1c(cc(C)cc1C(C)(C)C)Cc1cc(C)cc(C(C)(C)C)c1O2. The van der Waals surface area contributed by atoms with Crippen LogP contribution in [-0.2, 0) is 45.6 Å². The second-order valence-corrected chi connectivity index (χ2v) is 15.4. The number of ether oxygens (including phenoxy) is 2. The molecule has 1 spiro atoms. The first-order chi connectivity index (χ1) is 20.4. The number of nitrogens with zero attached hydrogens (tertiary/aromatic N) is 2. The van der Waals surface area contributed by atoms with Gasteiger partial charge in [-0.05, 0) is 42.9 Å². The predicted octanol–water partition coefficient (Wildman–Crippen LogP) is 6.03. The van der Waals surface area contributed by atoms with Gasteiger partial charge in [0, 0.05) is 24.1 Å². The van der Waals surface area contributed by atoms with Gasteiger partial charge in [0.15, 0.2) is 5.92 Å². The smallest absolute Gasteiger partial charge is 0.468 e. The Balaban J connectivity index is 2.10. The molecule has 0 saturated carbocycles. The number of aryl methyl sites for hydroxylation is 2. The number of benzene rings is 2. The molecule has 2 aliphatic heterocycles. The Morgan fingerprint density at radius 1 is 0.864 bits per heavy atom. The maximum atomic E-state index is 14.1. The molecule has 240 valence electrons. The molecule has 2 aliphatic rings. The van der Waals surface area contributed by atoms with E-state index in [2.05, 4.69) is 70.6 Å². The van der Waals surface area contributed by atoms with Gasteiger partial charge in [-0.15, -0.1) is 4.74 Å². The van der Waals surface area contributed by atoms with Crippen LogP contribution < -0.4 is 9.05 Å². The third kappa shape index (κ3) is 6.72. The van der Waals surface area contributed by atoms with E-state index < -0.39 is 37.5 Å². The zero-order chi connectivity index (χ0) is 32.8. The first-order valence-electron chi connectivity index (χ1n) is 14.7. The topological polar surface area (TPSA) is 113 Å². The lowest BCUT2D eigenvalue weighted by atomic mass is 9.81. The van der Waals surface area contributed by atoms with Crippen molar-refractivity contribution in [1.29, 1.82) is 0 Å². The summed E-state index contributed by atoms with van der Waals surface area (Å²) in [5.41, 5.74) is 5.06. The normalized spacial score (nSPS) is 20.7. The largest absolute Gasteiger partial charge is 0.474 e. The Hall–Kier alpha value is -3.20. The predicted molar refractivity (Wildman–Crippen MR) is 168 cm³/mol. The van der Waals surface area contributed by atoms with Crippen LogP contribution >= 0.6 is 7.74 Å². The van der Waals surface area contributed by atoms with E-state index >= 15 is 0 Å². The van der Waals surface area contributed by atoms with Crippen molar-refractivity contribution in [3.63, 3.8) is 0 Å². The van der Waals surface area contributed by atoms with Crippen LogP contribution in [0.5, 0.6) is 11.5 Å². The van der Waals surface area contributed by atoms with Crippen LogP contribution in [0, 0.1) is 19.8 Å². The number of methoxy groups -OCH3 is 2. The van der Waals surface area contributed by atoms with Crippen LogP contribution in [0.2, 0.25) is 0 Å². The Bertz CT molecular complexity index is 1460. The van der Waals surface area contributed by atoms with Crippen molar-refractivity contribution in [2.45, 2.75) is 78.7 Å². The highest BCUT2D eigenvalue weighted by atomic mass is 31.2. The van der Waals surface area contributed by atoms with Gasteiger partial charge in [-0.3, -0.25) is 23.8 Å². The molecular formula is C33H45N2O8P. The van der Waals surface area contributed by atoms with Gasteiger partial charge in [0.1, 0.15) is 17.5 Å². The van der Waals surface area contributed by atoms with E-state index in [9.17, 15) is 14.4 Å². The number of hydrogen-bond donors (Lipinski definition) is 0. The fourth-order valence-corrected chi connectivity index (χ4v) is 7.52. The summed E-state index contributed by atoms with van der Waals surface area (Å²) in [6.45, 7) is 16.7. The number of amides is 1. The van der Waals surface area contributed by atoms with E-state index in [1.54, 1.807) is 7.05 Å². The average Bonchev–Trinajstić information content (AvgIpc) is 2.95. The minimum atomic E-state index is -3.99. The van der Waals surface area contributed by atoms with Crippen molar-refractivity contribution in [1.82, 2.24) is 4.90 Å². The summed E-state index contributed by atoms with van der Waals surface area (Å²) in [4.78, 5) is 41.7. The second-order valence-electron chi connectivity index (χ2n) is 13.7. The number of esters is 2. The van der Waals surface area contributed by atoms with Crippen molar-refractivity contribution in [3.8, 4) is 11.5 Å².